The minimum atomic E-state index is -0.415. The fourth-order valence-electron chi connectivity index (χ4n) is 4.07. The first-order chi connectivity index (χ1) is 11.5. The molecule has 1 aromatic heterocycles. The van der Waals surface area contributed by atoms with Crippen LogP contribution in [0.4, 0.5) is 0 Å². The molecule has 2 aliphatic heterocycles. The van der Waals surface area contributed by atoms with Crippen molar-refractivity contribution in [3.63, 3.8) is 0 Å². The Bertz CT molecular complexity index is 740. The van der Waals surface area contributed by atoms with Gasteiger partial charge in [0.1, 0.15) is 11.4 Å². The van der Waals surface area contributed by atoms with Gasteiger partial charge in [0.2, 0.25) is 0 Å². The third-order valence-electron chi connectivity index (χ3n) is 5.43. The van der Waals surface area contributed by atoms with Crippen molar-refractivity contribution in [2.24, 2.45) is 5.92 Å². The zero-order valence-corrected chi connectivity index (χ0v) is 14.4. The van der Waals surface area contributed by atoms with Crippen molar-refractivity contribution in [2.75, 3.05) is 13.1 Å². The number of ketones is 1. The van der Waals surface area contributed by atoms with Gasteiger partial charge in [-0.2, -0.15) is 0 Å². The maximum Gasteiger partial charge on any atom is 0.159 e. The van der Waals surface area contributed by atoms with Crippen LogP contribution in [-0.2, 0) is 4.79 Å². The van der Waals surface area contributed by atoms with E-state index < -0.39 is 5.60 Å². The van der Waals surface area contributed by atoms with Crippen molar-refractivity contribution in [3.05, 3.63) is 41.2 Å². The van der Waals surface area contributed by atoms with Crippen molar-refractivity contribution >= 4 is 11.4 Å². The van der Waals surface area contributed by atoms with Gasteiger partial charge in [-0.1, -0.05) is 0 Å². The molecule has 0 atom stereocenters. The van der Waals surface area contributed by atoms with E-state index in [9.17, 15) is 4.79 Å². The quantitative estimate of drug-likeness (QED) is 0.927. The Hall–Kier alpha value is -1.94. The topological polar surface area (TPSA) is 51.2 Å². The number of aromatic nitrogens is 1. The van der Waals surface area contributed by atoms with E-state index in [1.165, 1.54) is 5.57 Å². The number of nitrogens with one attached hydrogen (secondary N) is 1. The Balaban J connectivity index is 1.57. The molecule has 4 rings (SSSR count). The molecule has 1 saturated heterocycles. The molecule has 126 valence electrons. The fourth-order valence-corrected chi connectivity index (χ4v) is 4.07. The second-order valence-electron chi connectivity index (χ2n) is 7.54. The number of carbonyl (C=O) groups excluding carboxylic acids is 1. The Morgan fingerprint density at radius 3 is 2.96 bits per heavy atom. The van der Waals surface area contributed by atoms with E-state index in [1.807, 2.05) is 6.07 Å². The Morgan fingerprint density at radius 1 is 1.38 bits per heavy atom. The van der Waals surface area contributed by atoms with Crippen molar-refractivity contribution in [1.82, 2.24) is 10.3 Å². The molecule has 0 saturated carbocycles. The van der Waals surface area contributed by atoms with Crippen LogP contribution in [0.2, 0.25) is 0 Å². The van der Waals surface area contributed by atoms with Crippen molar-refractivity contribution in [3.8, 4) is 5.75 Å². The number of rotatable bonds is 3. The summed E-state index contributed by atoms with van der Waals surface area (Å²) in [7, 11) is 0. The highest BCUT2D eigenvalue weighted by Gasteiger charge is 2.38. The number of pyridine rings is 1. The van der Waals surface area contributed by atoms with Crippen molar-refractivity contribution < 1.29 is 9.53 Å². The highest BCUT2D eigenvalue weighted by Crippen LogP contribution is 2.47. The predicted octanol–water partition coefficient (Wildman–Crippen LogP) is 3.30. The molecule has 1 aliphatic carbocycles. The molecule has 4 nitrogen and oxygen atoms in total. The summed E-state index contributed by atoms with van der Waals surface area (Å²) in [6, 6.07) is 1.99. The summed E-state index contributed by atoms with van der Waals surface area (Å²) in [5.74, 6) is 1.66. The summed E-state index contributed by atoms with van der Waals surface area (Å²) >= 11 is 0. The van der Waals surface area contributed by atoms with Crippen molar-refractivity contribution in [2.45, 2.75) is 45.1 Å². The third-order valence-corrected chi connectivity index (χ3v) is 5.43. The molecular weight excluding hydrogens is 300 g/mol. The zero-order chi connectivity index (χ0) is 16.7. The highest BCUT2D eigenvalue weighted by atomic mass is 16.5. The van der Waals surface area contributed by atoms with Gasteiger partial charge in [-0.25, -0.2) is 0 Å². The first kappa shape index (κ1) is 15.6. The van der Waals surface area contributed by atoms with Crippen LogP contribution < -0.4 is 10.1 Å². The van der Waals surface area contributed by atoms with Gasteiger partial charge in [-0.05, 0) is 74.6 Å². The molecular formula is C20H24N2O2. The van der Waals surface area contributed by atoms with Gasteiger partial charge < -0.3 is 10.1 Å². The van der Waals surface area contributed by atoms with Crippen LogP contribution in [0.5, 0.6) is 5.75 Å². The standard InChI is InChI=1S/C20H24N2O2/c1-20(2)17-11-14(18(23)9-13-3-6-21-7-4-13)10-16(17)15-5-8-22-12-19(15)24-20/h5,8,11-13,21H,3-4,6-7,9-10H2,1-2H3. The number of fused-ring (bicyclic) bond motifs is 2. The molecule has 1 aromatic rings. The molecule has 0 aromatic carbocycles. The average molecular weight is 324 g/mol. The molecule has 0 bridgehead atoms. The summed E-state index contributed by atoms with van der Waals surface area (Å²) in [4.78, 5) is 17.0. The van der Waals surface area contributed by atoms with Crippen LogP contribution in [0.25, 0.3) is 5.57 Å². The van der Waals surface area contributed by atoms with E-state index in [0.29, 0.717) is 18.1 Å². The lowest BCUT2D eigenvalue weighted by molar-refractivity contribution is -0.116. The molecule has 24 heavy (non-hydrogen) atoms. The molecule has 0 spiro atoms. The number of ether oxygens (including phenoxy) is 1. The molecule has 1 N–H and O–H groups in total. The summed E-state index contributed by atoms with van der Waals surface area (Å²) < 4.78 is 6.13. The van der Waals surface area contributed by atoms with Gasteiger partial charge in [-0.3, -0.25) is 9.78 Å². The summed E-state index contributed by atoms with van der Waals surface area (Å²) in [6.45, 7) is 6.20. The number of nitrogens with zero attached hydrogens (tertiary/aromatic N) is 1. The number of Topliss-reactive ketones (excluding diaryl/α,β-unsaturated/α-hetero) is 1. The zero-order valence-electron chi connectivity index (χ0n) is 14.4. The van der Waals surface area contributed by atoms with Crippen LogP contribution in [-0.4, -0.2) is 29.5 Å². The molecule has 0 radical (unpaired) electrons. The number of carbonyl (C=O) groups is 1. The molecule has 4 heteroatoms. The maximum atomic E-state index is 12.8. The van der Waals surface area contributed by atoms with Gasteiger partial charge >= 0.3 is 0 Å². The van der Waals surface area contributed by atoms with Gasteiger partial charge in [-0.15, -0.1) is 0 Å². The van der Waals surface area contributed by atoms with E-state index in [1.54, 1.807) is 12.4 Å². The number of hydrogen-bond donors (Lipinski definition) is 1. The Kier molecular flexibility index (Phi) is 3.80. The molecule has 3 heterocycles. The maximum absolute atomic E-state index is 12.8. The van der Waals surface area contributed by atoms with Gasteiger partial charge in [0, 0.05) is 24.6 Å². The second kappa shape index (κ2) is 5.85. The lowest BCUT2D eigenvalue weighted by atomic mass is 9.88. The first-order valence-corrected chi connectivity index (χ1v) is 8.86. The monoisotopic (exact) mass is 324 g/mol. The van der Waals surface area contributed by atoms with Crippen LogP contribution >= 0.6 is 0 Å². The smallest absolute Gasteiger partial charge is 0.159 e. The fraction of sp³-hybridized carbons (Fsp3) is 0.500. The second-order valence-corrected chi connectivity index (χ2v) is 7.54. The molecule has 3 aliphatic rings. The van der Waals surface area contributed by atoms with E-state index in [4.69, 9.17) is 4.74 Å². The highest BCUT2D eigenvalue weighted by molar-refractivity contribution is 6.01. The van der Waals surface area contributed by atoms with Gasteiger partial charge in [0.05, 0.1) is 6.20 Å². The first-order valence-electron chi connectivity index (χ1n) is 8.86. The summed E-state index contributed by atoms with van der Waals surface area (Å²) in [5, 5.41) is 3.36. The van der Waals surface area contributed by atoms with Crippen LogP contribution in [0, 0.1) is 5.92 Å². The Labute approximate surface area is 143 Å². The summed E-state index contributed by atoms with van der Waals surface area (Å²) in [5.41, 5.74) is 3.99. The van der Waals surface area contributed by atoms with E-state index >= 15 is 0 Å². The molecule has 0 amide bonds. The lowest BCUT2D eigenvalue weighted by Gasteiger charge is -2.33. The summed E-state index contributed by atoms with van der Waals surface area (Å²) in [6.07, 6.45) is 9.27. The van der Waals surface area contributed by atoms with E-state index in [0.717, 1.165) is 54.8 Å². The number of allylic oxidation sites excluding steroid dienone is 2. The largest absolute Gasteiger partial charge is 0.481 e. The minimum Gasteiger partial charge on any atom is -0.481 e. The molecule has 1 fully saturated rings. The van der Waals surface area contributed by atoms with Gasteiger partial charge in [0.15, 0.2) is 5.78 Å². The van der Waals surface area contributed by atoms with Crippen LogP contribution in [0.3, 0.4) is 0 Å². The minimum absolute atomic E-state index is 0.308. The lowest BCUT2D eigenvalue weighted by Crippen LogP contribution is -2.33. The number of hydrogen-bond acceptors (Lipinski definition) is 4. The van der Waals surface area contributed by atoms with Crippen LogP contribution in [0.1, 0.15) is 45.1 Å². The average Bonchev–Trinajstić information content (AvgIpc) is 3.02. The van der Waals surface area contributed by atoms with E-state index in [2.05, 4.69) is 30.2 Å². The molecule has 0 unspecified atom stereocenters. The van der Waals surface area contributed by atoms with Gasteiger partial charge in [0.25, 0.3) is 0 Å². The van der Waals surface area contributed by atoms with E-state index in [-0.39, 0.29) is 0 Å². The Morgan fingerprint density at radius 2 is 2.17 bits per heavy atom. The number of piperidine rings is 1. The predicted molar refractivity (Wildman–Crippen MR) is 93.8 cm³/mol. The SMILES string of the molecule is CC1(C)Oc2cnccc2C2=C1C=C(C(=O)CC1CCNCC1)C2. The third kappa shape index (κ3) is 2.69. The van der Waals surface area contributed by atoms with Crippen molar-refractivity contribution in [1.29, 1.82) is 0 Å². The van der Waals surface area contributed by atoms with Crippen LogP contribution in [0.15, 0.2) is 35.7 Å². The normalized spacial score (nSPS) is 22.5.